The van der Waals surface area contributed by atoms with Crippen molar-refractivity contribution >= 4 is 17.2 Å². The van der Waals surface area contributed by atoms with E-state index in [1.54, 1.807) is 6.92 Å². The lowest BCUT2D eigenvalue weighted by atomic mass is 9.84. The predicted octanol–water partition coefficient (Wildman–Crippen LogP) is 3.72. The average molecular weight is 510 g/mol. The minimum Gasteiger partial charge on any atom is -0.466 e. The van der Waals surface area contributed by atoms with E-state index < -0.39 is 12.0 Å². The normalized spacial score (nSPS) is 24.9. The molecule has 3 heterocycles. The minimum absolute atomic E-state index is 0.0538. The highest BCUT2D eigenvalue weighted by atomic mass is 32.1. The molecule has 2 saturated carbocycles. The third kappa shape index (κ3) is 6.55. The lowest BCUT2D eigenvalue weighted by Gasteiger charge is -2.33. The molecule has 1 aliphatic heterocycles. The SMILES string of the molecule is Cc1nnc(CC(=O)N[C@H]2CC[C@H](CCN3CCc4nc(OC5CC(F)(F)C5)sc4CC3)CC2)o1. The van der Waals surface area contributed by atoms with Crippen LogP contribution in [0.3, 0.4) is 0 Å². The van der Waals surface area contributed by atoms with E-state index in [4.69, 9.17) is 9.15 Å². The first kappa shape index (κ1) is 24.5. The number of aromatic nitrogens is 3. The summed E-state index contributed by atoms with van der Waals surface area (Å²) in [5.41, 5.74) is 1.07. The molecule has 2 aromatic heterocycles. The molecule has 1 N–H and O–H groups in total. The maximum Gasteiger partial charge on any atom is 0.273 e. The van der Waals surface area contributed by atoms with E-state index in [1.807, 2.05) is 0 Å². The summed E-state index contributed by atoms with van der Waals surface area (Å²) < 4.78 is 37.0. The Balaban J connectivity index is 0.987. The van der Waals surface area contributed by atoms with Gasteiger partial charge < -0.3 is 19.4 Å². The van der Waals surface area contributed by atoms with Gasteiger partial charge in [0.05, 0.1) is 5.69 Å². The van der Waals surface area contributed by atoms with Gasteiger partial charge in [0.2, 0.25) is 17.7 Å². The van der Waals surface area contributed by atoms with Crippen LogP contribution in [-0.4, -0.2) is 63.7 Å². The molecular formula is C24H33F2N5O3S. The number of nitrogens with zero attached hydrogens (tertiary/aromatic N) is 4. The van der Waals surface area contributed by atoms with Gasteiger partial charge in [-0.25, -0.2) is 13.8 Å². The van der Waals surface area contributed by atoms with Crippen molar-refractivity contribution in [3.8, 4) is 5.19 Å². The predicted molar refractivity (Wildman–Crippen MR) is 126 cm³/mol. The first-order valence-electron chi connectivity index (χ1n) is 12.6. The molecular weight excluding hydrogens is 476 g/mol. The zero-order chi connectivity index (χ0) is 24.4. The molecule has 0 spiro atoms. The van der Waals surface area contributed by atoms with Crippen LogP contribution in [0.5, 0.6) is 5.19 Å². The van der Waals surface area contributed by atoms with E-state index in [1.165, 1.54) is 22.6 Å². The molecule has 2 fully saturated rings. The molecule has 1 amide bonds. The Morgan fingerprint density at radius 1 is 1.20 bits per heavy atom. The highest BCUT2D eigenvalue weighted by Crippen LogP contribution is 2.41. The molecule has 0 aromatic carbocycles. The van der Waals surface area contributed by atoms with Crippen molar-refractivity contribution in [1.29, 1.82) is 0 Å². The summed E-state index contributed by atoms with van der Waals surface area (Å²) >= 11 is 1.53. The van der Waals surface area contributed by atoms with Gasteiger partial charge in [0.1, 0.15) is 12.5 Å². The number of amides is 1. The Morgan fingerprint density at radius 2 is 1.97 bits per heavy atom. The quantitative estimate of drug-likeness (QED) is 0.580. The molecule has 192 valence electrons. The van der Waals surface area contributed by atoms with Crippen LogP contribution in [0.4, 0.5) is 8.78 Å². The zero-order valence-corrected chi connectivity index (χ0v) is 20.9. The molecule has 8 nitrogen and oxygen atoms in total. The molecule has 5 rings (SSSR count). The maximum absolute atomic E-state index is 13.0. The van der Waals surface area contributed by atoms with Crippen LogP contribution in [0.2, 0.25) is 0 Å². The van der Waals surface area contributed by atoms with Crippen molar-refractivity contribution < 1.29 is 22.7 Å². The number of hydrogen-bond acceptors (Lipinski definition) is 8. The lowest BCUT2D eigenvalue weighted by molar-refractivity contribution is -0.134. The number of thiazole rings is 1. The molecule has 2 aromatic rings. The number of hydrogen-bond donors (Lipinski definition) is 1. The average Bonchev–Trinajstić information content (AvgIpc) is 3.32. The van der Waals surface area contributed by atoms with Gasteiger partial charge >= 0.3 is 0 Å². The Morgan fingerprint density at radius 3 is 2.69 bits per heavy atom. The largest absolute Gasteiger partial charge is 0.466 e. The highest BCUT2D eigenvalue weighted by molar-refractivity contribution is 7.13. The Hall–Kier alpha value is -2.14. The van der Waals surface area contributed by atoms with E-state index >= 15 is 0 Å². The number of halogens is 2. The number of rotatable bonds is 8. The van der Waals surface area contributed by atoms with Crippen molar-refractivity contribution in [1.82, 2.24) is 25.4 Å². The van der Waals surface area contributed by atoms with Crippen LogP contribution in [0, 0.1) is 12.8 Å². The smallest absolute Gasteiger partial charge is 0.273 e. The molecule has 0 saturated heterocycles. The molecule has 0 radical (unpaired) electrons. The highest BCUT2D eigenvalue weighted by Gasteiger charge is 2.47. The summed E-state index contributed by atoms with van der Waals surface area (Å²) in [6.45, 7) is 4.76. The van der Waals surface area contributed by atoms with Gasteiger partial charge in [-0.3, -0.25) is 4.79 Å². The number of ether oxygens (including phenoxy) is 1. The number of nitrogens with one attached hydrogen (secondary N) is 1. The van der Waals surface area contributed by atoms with Crippen LogP contribution < -0.4 is 10.1 Å². The van der Waals surface area contributed by atoms with E-state index in [0.717, 1.165) is 63.9 Å². The van der Waals surface area contributed by atoms with E-state index in [-0.39, 0.29) is 31.2 Å². The van der Waals surface area contributed by atoms with Gasteiger partial charge in [0, 0.05) is 50.2 Å². The van der Waals surface area contributed by atoms with Crippen molar-refractivity contribution in [2.45, 2.75) is 89.2 Å². The Kier molecular flexibility index (Phi) is 7.34. The summed E-state index contributed by atoms with van der Waals surface area (Å²) in [6.07, 6.45) is 6.64. The van der Waals surface area contributed by atoms with Gasteiger partial charge in [-0.1, -0.05) is 11.3 Å². The number of fused-ring (bicyclic) bond motifs is 1. The fourth-order valence-electron chi connectivity index (χ4n) is 5.28. The van der Waals surface area contributed by atoms with Crippen LogP contribution in [0.15, 0.2) is 4.42 Å². The Bertz CT molecular complexity index is 987. The van der Waals surface area contributed by atoms with Gasteiger partial charge in [-0.05, 0) is 51.0 Å². The van der Waals surface area contributed by atoms with Crippen LogP contribution >= 0.6 is 11.3 Å². The first-order chi connectivity index (χ1) is 16.8. The van der Waals surface area contributed by atoms with Gasteiger partial charge in [0.15, 0.2) is 0 Å². The van der Waals surface area contributed by atoms with Crippen molar-refractivity contribution in [3.63, 3.8) is 0 Å². The summed E-state index contributed by atoms with van der Waals surface area (Å²) in [4.78, 5) is 20.6. The first-order valence-corrected chi connectivity index (χ1v) is 13.5. The molecule has 11 heteroatoms. The molecule has 3 aliphatic rings. The second-order valence-electron chi connectivity index (χ2n) is 10.2. The third-order valence-electron chi connectivity index (χ3n) is 7.34. The van der Waals surface area contributed by atoms with Gasteiger partial charge in [-0.2, -0.15) is 0 Å². The van der Waals surface area contributed by atoms with E-state index in [9.17, 15) is 13.6 Å². The molecule has 2 aliphatic carbocycles. The number of aryl methyl sites for hydroxylation is 1. The molecule has 0 unspecified atom stereocenters. The topological polar surface area (TPSA) is 93.4 Å². The van der Waals surface area contributed by atoms with Gasteiger partial charge in [-0.15, -0.1) is 10.2 Å². The number of alkyl halides is 2. The van der Waals surface area contributed by atoms with Gasteiger partial charge in [0.25, 0.3) is 11.1 Å². The summed E-state index contributed by atoms with van der Waals surface area (Å²) in [5, 5.41) is 11.3. The monoisotopic (exact) mass is 509 g/mol. The standard InChI is InChI=1S/C24H33F2N5O3S/c1-15-29-30-22(33-15)12-21(32)27-17-4-2-16(3-5-17)6-9-31-10-7-19-20(8-11-31)35-23(28-19)34-18-13-24(25,26)14-18/h16-18H,2-14H2,1H3,(H,27,32)/t16-,17-. The van der Waals surface area contributed by atoms with Crippen LogP contribution in [-0.2, 0) is 24.1 Å². The molecule has 0 bridgehead atoms. The van der Waals surface area contributed by atoms with Crippen LogP contribution in [0.25, 0.3) is 0 Å². The second kappa shape index (κ2) is 10.5. The second-order valence-corrected chi connectivity index (χ2v) is 11.2. The van der Waals surface area contributed by atoms with Crippen molar-refractivity contribution in [3.05, 3.63) is 22.4 Å². The zero-order valence-electron chi connectivity index (χ0n) is 20.1. The summed E-state index contributed by atoms with van der Waals surface area (Å²) in [7, 11) is 0. The summed E-state index contributed by atoms with van der Waals surface area (Å²) in [5.74, 6) is -1.09. The number of carbonyl (C=O) groups is 1. The molecule has 0 atom stereocenters. The Labute approximate surface area is 207 Å². The minimum atomic E-state index is -2.57. The van der Waals surface area contributed by atoms with E-state index in [2.05, 4.69) is 25.4 Å². The van der Waals surface area contributed by atoms with E-state index in [0.29, 0.717) is 22.9 Å². The van der Waals surface area contributed by atoms with Crippen molar-refractivity contribution in [2.24, 2.45) is 5.92 Å². The maximum atomic E-state index is 13.0. The van der Waals surface area contributed by atoms with Crippen molar-refractivity contribution in [2.75, 3.05) is 19.6 Å². The lowest BCUT2D eigenvalue weighted by Crippen LogP contribution is -2.43. The fraction of sp³-hybridized carbons (Fsp3) is 0.750. The van der Waals surface area contributed by atoms with Crippen LogP contribution in [0.1, 0.15) is 67.3 Å². The number of carbonyl (C=O) groups excluding carboxylic acids is 1. The molecule has 35 heavy (non-hydrogen) atoms. The summed E-state index contributed by atoms with van der Waals surface area (Å²) in [6, 6.07) is 0.227. The third-order valence-corrected chi connectivity index (χ3v) is 8.39. The fourth-order valence-corrected chi connectivity index (χ4v) is 6.29.